The average molecular weight is 1070 g/mol. The summed E-state index contributed by atoms with van der Waals surface area (Å²) in [7, 11) is 10.1. The fourth-order valence-corrected chi connectivity index (χ4v) is 6.58. The van der Waals surface area contributed by atoms with Crippen molar-refractivity contribution in [2.45, 2.75) is 103 Å². The molecule has 8 atom stereocenters. The number of carboxylic acid groups (broad SMARTS) is 1. The van der Waals surface area contributed by atoms with E-state index < -0.39 is 78.1 Å². The van der Waals surface area contributed by atoms with Gasteiger partial charge < -0.3 is 59.1 Å². The summed E-state index contributed by atoms with van der Waals surface area (Å²) in [5, 5.41) is 40.5. The predicted octanol–water partition coefficient (Wildman–Crippen LogP) is 7.57. The number of carboxylic acids is 1. The summed E-state index contributed by atoms with van der Waals surface area (Å²) >= 11 is 9.53. The maximum Gasteiger partial charge on any atom is 0.490 e. The molecule has 24 heteroatoms. The lowest BCUT2D eigenvalue weighted by Gasteiger charge is -2.23. The Bertz CT molecular complexity index is 2380. The van der Waals surface area contributed by atoms with Gasteiger partial charge in [-0.25, -0.2) is 14.4 Å². The molecule has 0 bridgehead atoms. The largest absolute Gasteiger partial charge is 0.507 e. The van der Waals surface area contributed by atoms with Gasteiger partial charge >= 0.3 is 24.1 Å². The molecule has 3 aliphatic heterocycles. The molecule has 0 saturated carbocycles. The van der Waals surface area contributed by atoms with Crippen LogP contribution in [0, 0.1) is 11.8 Å². The second-order valence-electron chi connectivity index (χ2n) is 16.8. The van der Waals surface area contributed by atoms with Gasteiger partial charge in [-0.3, -0.25) is 14.4 Å². The summed E-state index contributed by atoms with van der Waals surface area (Å²) in [4.78, 5) is 72.8. The number of cyclic esters (lactones) is 2. The van der Waals surface area contributed by atoms with E-state index in [0.717, 1.165) is 0 Å². The normalized spacial score (nSPS) is 25.8. The number of alkyl halides is 5. The number of rotatable bonds is 5. The van der Waals surface area contributed by atoms with Gasteiger partial charge in [0.25, 0.3) is 0 Å². The first-order valence-corrected chi connectivity index (χ1v) is 23.3. The molecule has 2 aromatic rings. The van der Waals surface area contributed by atoms with Gasteiger partial charge in [0.05, 0.1) is 17.5 Å². The van der Waals surface area contributed by atoms with Gasteiger partial charge in [-0.05, 0) is 75.9 Å². The topological polar surface area (TPSA) is 254 Å². The standard InChI is InChI=1S/C26H32BNO8.C20H25NO6.C2HF3O2.CH2Cl2/c1-15-10-11-19(29)23-20(35-26(3,4)36-23)9-7-8-17-12-18(28(5)25(27)31)13-21(33-14-32-6)22(17)24(30)34-16(15)2;1-11-7-8-16(23)19(25)15(22)6-4-5-13-9-14(21-3)10-17(24)18(13)20(26)27-12(11)2;3-2(4,5)1(6)7;2-1-3/h7-8,10-13,15-16,20,23H,9,14H2,1-6H3;4-5,7-12,15,19,21-22,24-25H,6H2,1-3H3;(H,6,7);1H2/b8-7+,11-10-;5-4+,8-7-;;/t15-,16+,20+,23-;11-,12+,15+,19?;;/m11../s1. The van der Waals surface area contributed by atoms with Crippen LogP contribution >= 0.6 is 23.2 Å². The van der Waals surface area contributed by atoms with Gasteiger partial charge in [-0.2, -0.15) is 13.2 Å². The van der Waals surface area contributed by atoms with E-state index in [0.29, 0.717) is 28.9 Å². The third-order valence-electron chi connectivity index (χ3n) is 10.9. The summed E-state index contributed by atoms with van der Waals surface area (Å²) in [6.07, 6.45) is 2.35. The first-order valence-electron chi connectivity index (χ1n) is 22.2. The number of nitrogens with one attached hydrogen (secondary N) is 1. The first kappa shape index (κ1) is 63.4. The SMILES string of the molecule is CNc1cc(O)c2c(c1)/C=C/C[C@H](O)C(O)C(=O)/C=C\[C@@H](C)[C@H](C)OC2=O.ClCCl.O=C(O)C(F)(F)F.[B]C(=O)N(C)c1cc2c(c(OCOC)c1)C(=O)O[C@@H](C)[C@H](C)/C=C\C(=O)[C@H]1OC(C)(C)O[C@H]1C/C=C/2. The highest BCUT2D eigenvalue weighted by atomic mass is 35.5. The van der Waals surface area contributed by atoms with Crippen molar-refractivity contribution in [1.29, 1.82) is 0 Å². The van der Waals surface area contributed by atoms with Crippen molar-refractivity contribution in [3.05, 3.63) is 83.0 Å². The summed E-state index contributed by atoms with van der Waals surface area (Å²) in [6, 6.07) is 6.24. The van der Waals surface area contributed by atoms with Crippen molar-refractivity contribution < 1.29 is 90.8 Å². The zero-order chi connectivity index (χ0) is 55.5. The molecule has 73 heavy (non-hydrogen) atoms. The predicted molar refractivity (Wildman–Crippen MR) is 266 cm³/mol. The third kappa shape index (κ3) is 19.6. The first-order chi connectivity index (χ1) is 34.0. The minimum absolute atomic E-state index is 0.00820. The summed E-state index contributed by atoms with van der Waals surface area (Å²) in [6.45, 7) is 10.4. The van der Waals surface area contributed by atoms with Gasteiger partial charge in [0.1, 0.15) is 47.0 Å². The van der Waals surface area contributed by atoms with E-state index in [1.807, 2.05) is 6.92 Å². The number of aliphatic hydroxyl groups is 2. The number of aromatic hydroxyl groups is 1. The van der Waals surface area contributed by atoms with E-state index in [-0.39, 0.29) is 58.8 Å². The van der Waals surface area contributed by atoms with E-state index in [2.05, 4.69) is 5.32 Å². The monoisotopic (exact) mass is 1070 g/mol. The smallest absolute Gasteiger partial charge is 0.490 e. The number of amides is 1. The lowest BCUT2D eigenvalue weighted by molar-refractivity contribution is -0.192. The highest BCUT2D eigenvalue weighted by Gasteiger charge is 2.44. The number of phenolic OH excluding ortho intramolecular Hbond substituents is 1. The molecule has 400 valence electrons. The Morgan fingerprint density at radius 2 is 1.36 bits per heavy atom. The van der Waals surface area contributed by atoms with Crippen LogP contribution in [0.15, 0.2) is 60.7 Å². The number of aliphatic hydroxyl groups excluding tert-OH is 2. The molecule has 18 nitrogen and oxygen atoms in total. The second-order valence-corrected chi connectivity index (χ2v) is 17.6. The van der Waals surface area contributed by atoms with Crippen molar-refractivity contribution in [2.75, 3.05) is 43.6 Å². The van der Waals surface area contributed by atoms with Gasteiger partial charge in [0.15, 0.2) is 30.0 Å². The van der Waals surface area contributed by atoms with Crippen molar-refractivity contribution in [3.63, 3.8) is 0 Å². The molecular weight excluding hydrogens is 1010 g/mol. The summed E-state index contributed by atoms with van der Waals surface area (Å²) in [5.41, 5.74) is 2.00. The number of hydrogen-bond donors (Lipinski definition) is 5. The Kier molecular flexibility index (Phi) is 25.4. The van der Waals surface area contributed by atoms with Crippen LogP contribution in [0.5, 0.6) is 11.5 Å². The molecule has 3 heterocycles. The van der Waals surface area contributed by atoms with Crippen LogP contribution in [-0.4, -0.2) is 145 Å². The van der Waals surface area contributed by atoms with Crippen LogP contribution in [0.3, 0.4) is 0 Å². The number of esters is 2. The van der Waals surface area contributed by atoms with E-state index >= 15 is 0 Å². The molecular formula is C49H60BCl2F3N2O16. The number of benzene rings is 2. The molecule has 1 saturated heterocycles. The number of ketones is 2. The lowest BCUT2D eigenvalue weighted by atomic mass is 9.99. The molecule has 1 fully saturated rings. The fraction of sp³-hybridized carbons (Fsp3) is 0.469. The lowest BCUT2D eigenvalue weighted by Crippen LogP contribution is -2.32. The number of carbonyl (C=O) groups excluding carboxylic acids is 5. The van der Waals surface area contributed by atoms with Crippen LogP contribution in [0.4, 0.5) is 29.3 Å². The summed E-state index contributed by atoms with van der Waals surface area (Å²) in [5.74, 6) is -7.15. The van der Waals surface area contributed by atoms with Crippen molar-refractivity contribution >= 4 is 89.9 Å². The number of fused-ring (bicyclic) bond motifs is 3. The molecule has 3 aliphatic rings. The second kappa shape index (κ2) is 29.2. The number of nitrogens with zero attached hydrogens (tertiary/aromatic N) is 1. The number of carbonyl (C=O) groups is 6. The number of hydrogen-bond acceptors (Lipinski definition) is 16. The zero-order valence-electron chi connectivity index (χ0n) is 41.5. The quantitative estimate of drug-likeness (QED) is 0.0837. The van der Waals surface area contributed by atoms with Crippen molar-refractivity contribution in [1.82, 2.24) is 0 Å². The van der Waals surface area contributed by atoms with Crippen LogP contribution < -0.4 is 15.0 Å². The number of anilines is 2. The Labute approximate surface area is 432 Å². The maximum absolute atomic E-state index is 13.3. The van der Waals surface area contributed by atoms with Crippen molar-refractivity contribution in [2.24, 2.45) is 11.8 Å². The van der Waals surface area contributed by atoms with Gasteiger partial charge in [0, 0.05) is 56.5 Å². The Hall–Kier alpha value is -5.75. The molecule has 0 spiro atoms. The third-order valence-corrected chi connectivity index (χ3v) is 10.9. The fourth-order valence-electron chi connectivity index (χ4n) is 6.58. The minimum Gasteiger partial charge on any atom is -0.507 e. The molecule has 1 unspecified atom stereocenters. The molecule has 5 rings (SSSR count). The van der Waals surface area contributed by atoms with Gasteiger partial charge in [-0.1, -0.05) is 50.3 Å². The van der Waals surface area contributed by atoms with E-state index in [1.165, 1.54) is 61.6 Å². The molecule has 0 aliphatic carbocycles. The Morgan fingerprint density at radius 1 is 0.849 bits per heavy atom. The minimum atomic E-state index is -5.08. The number of halogens is 5. The molecule has 5 N–H and O–H groups in total. The molecule has 0 aromatic heterocycles. The summed E-state index contributed by atoms with van der Waals surface area (Å²) < 4.78 is 65.5. The number of aliphatic carboxylic acids is 1. The van der Waals surface area contributed by atoms with Crippen LogP contribution in [0.1, 0.15) is 86.2 Å². The highest BCUT2D eigenvalue weighted by Crippen LogP contribution is 2.35. The van der Waals surface area contributed by atoms with E-state index in [4.69, 9.17) is 69.4 Å². The molecule has 2 aromatic carbocycles. The highest BCUT2D eigenvalue weighted by molar-refractivity contribution is 6.60. The number of ether oxygens (including phenoxy) is 6. The van der Waals surface area contributed by atoms with E-state index in [9.17, 15) is 52.5 Å². The number of phenols is 1. The van der Waals surface area contributed by atoms with Crippen LogP contribution in [-0.2, 0) is 38.1 Å². The van der Waals surface area contributed by atoms with E-state index in [1.54, 1.807) is 72.0 Å². The zero-order valence-corrected chi connectivity index (χ0v) is 43.0. The van der Waals surface area contributed by atoms with Gasteiger partial charge in [0.2, 0.25) is 7.85 Å². The average Bonchev–Trinajstić information content (AvgIpc) is 3.63. The number of methoxy groups -OCH3 is 1. The van der Waals surface area contributed by atoms with Gasteiger partial charge in [-0.15, -0.1) is 23.2 Å². The van der Waals surface area contributed by atoms with Crippen LogP contribution in [0.25, 0.3) is 12.2 Å². The Balaban J connectivity index is 0.000000433. The van der Waals surface area contributed by atoms with Crippen molar-refractivity contribution in [3.8, 4) is 11.5 Å². The molecule has 2 radical (unpaired) electrons. The van der Waals surface area contributed by atoms with Crippen LogP contribution in [0.2, 0.25) is 0 Å². The maximum atomic E-state index is 13.3. The Morgan fingerprint density at radius 3 is 1.86 bits per heavy atom. The molecule has 1 amide bonds.